The summed E-state index contributed by atoms with van der Waals surface area (Å²) >= 11 is 1.22. The van der Waals surface area contributed by atoms with Crippen LogP contribution in [0.15, 0.2) is 16.0 Å². The predicted molar refractivity (Wildman–Crippen MR) is 69.6 cm³/mol. The Hall–Kier alpha value is -2.15. The molecule has 2 aromatic heterocycles. The normalized spacial score (nSPS) is 10.3. The van der Waals surface area contributed by atoms with Crippen molar-refractivity contribution in [3.8, 4) is 0 Å². The van der Waals surface area contributed by atoms with Crippen LogP contribution in [0.3, 0.4) is 0 Å². The van der Waals surface area contributed by atoms with Crippen molar-refractivity contribution in [1.82, 2.24) is 5.16 Å². The highest BCUT2D eigenvalue weighted by molar-refractivity contribution is 7.12. The number of aromatic nitrogens is 1. The van der Waals surface area contributed by atoms with Crippen LogP contribution in [0.1, 0.15) is 31.5 Å². The second-order valence-electron chi connectivity index (χ2n) is 3.89. The highest BCUT2D eigenvalue weighted by Crippen LogP contribution is 2.28. The molecule has 0 radical (unpaired) electrons. The highest BCUT2D eigenvalue weighted by atomic mass is 32.1. The van der Waals surface area contributed by atoms with Crippen LogP contribution >= 0.6 is 11.3 Å². The Morgan fingerprint density at radius 1 is 1.42 bits per heavy atom. The van der Waals surface area contributed by atoms with Gasteiger partial charge < -0.3 is 14.6 Å². The Labute approximate surface area is 113 Å². The van der Waals surface area contributed by atoms with E-state index in [0.29, 0.717) is 16.3 Å². The van der Waals surface area contributed by atoms with Crippen molar-refractivity contribution in [2.45, 2.75) is 13.8 Å². The van der Waals surface area contributed by atoms with Gasteiger partial charge >= 0.3 is 5.97 Å². The van der Waals surface area contributed by atoms with Gasteiger partial charge in [0.05, 0.1) is 12.8 Å². The molecule has 0 saturated heterocycles. The first-order valence-corrected chi connectivity index (χ1v) is 6.32. The SMILES string of the molecule is COC(=O)c1scc(C)c1NC(=O)c1cc(C)on1. The summed E-state index contributed by atoms with van der Waals surface area (Å²) in [5, 5.41) is 8.05. The molecule has 0 fully saturated rings. The molecule has 0 atom stereocenters. The molecule has 1 N–H and O–H groups in total. The van der Waals surface area contributed by atoms with Crippen LogP contribution in [-0.2, 0) is 4.74 Å². The van der Waals surface area contributed by atoms with Gasteiger partial charge in [-0.1, -0.05) is 5.16 Å². The fraction of sp³-hybridized carbons (Fsp3) is 0.250. The molecule has 0 saturated carbocycles. The maximum atomic E-state index is 12.0. The summed E-state index contributed by atoms with van der Waals surface area (Å²) in [4.78, 5) is 23.9. The van der Waals surface area contributed by atoms with E-state index < -0.39 is 11.9 Å². The molecule has 6 nitrogen and oxygen atoms in total. The first kappa shape index (κ1) is 13.3. The molecule has 19 heavy (non-hydrogen) atoms. The average molecular weight is 280 g/mol. The first-order valence-electron chi connectivity index (χ1n) is 5.44. The Balaban J connectivity index is 2.26. The number of carbonyl (C=O) groups excluding carboxylic acids is 2. The number of methoxy groups -OCH3 is 1. The first-order chi connectivity index (χ1) is 9.02. The van der Waals surface area contributed by atoms with Crippen molar-refractivity contribution in [3.05, 3.63) is 33.3 Å². The number of hydrogen-bond acceptors (Lipinski definition) is 6. The van der Waals surface area contributed by atoms with Crippen molar-refractivity contribution in [2.24, 2.45) is 0 Å². The summed E-state index contributed by atoms with van der Waals surface area (Å²) in [5.74, 6) is -0.367. The number of nitrogens with one attached hydrogen (secondary N) is 1. The van der Waals surface area contributed by atoms with Crippen LogP contribution < -0.4 is 5.32 Å². The van der Waals surface area contributed by atoms with Crippen LogP contribution in [0.25, 0.3) is 0 Å². The minimum absolute atomic E-state index is 0.166. The summed E-state index contributed by atoms with van der Waals surface area (Å²) in [6, 6.07) is 1.52. The Morgan fingerprint density at radius 2 is 2.16 bits per heavy atom. The lowest BCUT2D eigenvalue weighted by Gasteiger charge is -2.05. The molecule has 0 aromatic carbocycles. The quantitative estimate of drug-likeness (QED) is 0.873. The minimum atomic E-state index is -0.482. The number of nitrogens with zero attached hydrogens (tertiary/aromatic N) is 1. The van der Waals surface area contributed by atoms with Gasteiger partial charge in [0.1, 0.15) is 10.6 Å². The average Bonchev–Trinajstić information content (AvgIpc) is 2.96. The Bertz CT molecular complexity index is 629. The summed E-state index contributed by atoms with van der Waals surface area (Å²) in [6.07, 6.45) is 0. The number of aryl methyl sites for hydroxylation is 2. The van der Waals surface area contributed by atoms with Crippen molar-refractivity contribution >= 4 is 28.9 Å². The minimum Gasteiger partial charge on any atom is -0.465 e. The van der Waals surface area contributed by atoms with Gasteiger partial charge in [0.25, 0.3) is 5.91 Å². The molecule has 100 valence electrons. The highest BCUT2D eigenvalue weighted by Gasteiger charge is 2.20. The van der Waals surface area contributed by atoms with Crippen LogP contribution in [0, 0.1) is 13.8 Å². The lowest BCUT2D eigenvalue weighted by Crippen LogP contribution is -2.15. The van der Waals surface area contributed by atoms with Gasteiger partial charge in [-0.2, -0.15) is 0 Å². The molecule has 0 bridgehead atoms. The van der Waals surface area contributed by atoms with Gasteiger partial charge in [-0.15, -0.1) is 11.3 Å². The number of anilines is 1. The van der Waals surface area contributed by atoms with E-state index in [0.717, 1.165) is 5.56 Å². The standard InChI is InChI=1S/C12H12N2O4S/c1-6-5-19-10(12(16)17-3)9(6)13-11(15)8-4-7(2)18-14-8/h4-5H,1-3H3,(H,13,15). The number of esters is 1. The van der Waals surface area contributed by atoms with Gasteiger partial charge in [0.2, 0.25) is 0 Å². The third-order valence-corrected chi connectivity index (χ3v) is 3.52. The third-order valence-electron chi connectivity index (χ3n) is 2.44. The van der Waals surface area contributed by atoms with E-state index in [1.807, 2.05) is 0 Å². The summed E-state index contributed by atoms with van der Waals surface area (Å²) in [7, 11) is 1.30. The number of hydrogen-bond donors (Lipinski definition) is 1. The van der Waals surface area contributed by atoms with Crippen molar-refractivity contribution in [3.63, 3.8) is 0 Å². The molecule has 0 aliphatic rings. The lowest BCUT2D eigenvalue weighted by molar-refractivity contribution is 0.0607. The summed E-state index contributed by atoms with van der Waals surface area (Å²) < 4.78 is 9.50. The fourth-order valence-corrected chi connectivity index (χ4v) is 2.42. The molecule has 2 aromatic rings. The molecule has 0 spiro atoms. The van der Waals surface area contributed by atoms with Crippen LogP contribution in [0.5, 0.6) is 0 Å². The van der Waals surface area contributed by atoms with Crippen molar-refractivity contribution in [1.29, 1.82) is 0 Å². The van der Waals surface area contributed by atoms with E-state index in [4.69, 9.17) is 4.52 Å². The zero-order valence-corrected chi connectivity index (χ0v) is 11.5. The maximum absolute atomic E-state index is 12.0. The molecule has 0 aliphatic heterocycles. The Kier molecular flexibility index (Phi) is 3.66. The largest absolute Gasteiger partial charge is 0.465 e. The van der Waals surface area contributed by atoms with E-state index in [1.165, 1.54) is 24.5 Å². The summed E-state index contributed by atoms with van der Waals surface area (Å²) in [6.45, 7) is 3.49. The second kappa shape index (κ2) is 5.23. The molecule has 7 heteroatoms. The van der Waals surface area contributed by atoms with Gasteiger partial charge in [-0.25, -0.2) is 4.79 Å². The van der Waals surface area contributed by atoms with Crippen LogP contribution in [0.4, 0.5) is 5.69 Å². The second-order valence-corrected chi connectivity index (χ2v) is 4.77. The fourth-order valence-electron chi connectivity index (χ4n) is 1.49. The number of ether oxygens (including phenoxy) is 1. The van der Waals surface area contributed by atoms with Gasteiger partial charge in [0, 0.05) is 6.07 Å². The third kappa shape index (κ3) is 2.65. The maximum Gasteiger partial charge on any atom is 0.350 e. The van der Waals surface area contributed by atoms with E-state index >= 15 is 0 Å². The zero-order chi connectivity index (χ0) is 14.0. The number of thiophene rings is 1. The molecular formula is C12H12N2O4S. The van der Waals surface area contributed by atoms with Crippen LogP contribution in [0.2, 0.25) is 0 Å². The topological polar surface area (TPSA) is 81.4 Å². The Morgan fingerprint density at radius 3 is 2.74 bits per heavy atom. The van der Waals surface area contributed by atoms with Crippen molar-refractivity contribution in [2.75, 3.05) is 12.4 Å². The molecular weight excluding hydrogens is 268 g/mol. The smallest absolute Gasteiger partial charge is 0.350 e. The lowest BCUT2D eigenvalue weighted by atomic mass is 10.2. The molecule has 2 rings (SSSR count). The number of amides is 1. The molecule has 1 amide bonds. The van der Waals surface area contributed by atoms with E-state index in [1.54, 1.807) is 19.2 Å². The predicted octanol–water partition coefficient (Wildman–Crippen LogP) is 2.39. The molecule has 0 aliphatic carbocycles. The van der Waals surface area contributed by atoms with E-state index in [9.17, 15) is 9.59 Å². The van der Waals surface area contributed by atoms with Crippen LogP contribution in [-0.4, -0.2) is 24.1 Å². The number of carbonyl (C=O) groups is 2. The van der Waals surface area contributed by atoms with Gasteiger partial charge in [0.15, 0.2) is 5.69 Å². The van der Waals surface area contributed by atoms with Gasteiger partial charge in [-0.3, -0.25) is 4.79 Å². The van der Waals surface area contributed by atoms with Crippen molar-refractivity contribution < 1.29 is 18.8 Å². The monoisotopic (exact) mass is 280 g/mol. The molecule has 0 unspecified atom stereocenters. The zero-order valence-electron chi connectivity index (χ0n) is 10.6. The van der Waals surface area contributed by atoms with E-state index in [2.05, 4.69) is 15.2 Å². The van der Waals surface area contributed by atoms with Gasteiger partial charge in [-0.05, 0) is 24.8 Å². The summed E-state index contributed by atoms with van der Waals surface area (Å²) in [5.41, 5.74) is 1.40. The number of rotatable bonds is 3. The van der Waals surface area contributed by atoms with E-state index in [-0.39, 0.29) is 5.69 Å². The molecule has 2 heterocycles.